The van der Waals surface area contributed by atoms with Crippen LogP contribution in [-0.2, 0) is 28.6 Å². The van der Waals surface area contributed by atoms with E-state index in [-0.39, 0.29) is 37.5 Å². The van der Waals surface area contributed by atoms with Crippen LogP contribution in [0, 0.1) is 0 Å². The summed E-state index contributed by atoms with van der Waals surface area (Å²) >= 11 is 0. The van der Waals surface area contributed by atoms with Crippen LogP contribution >= 0.6 is 0 Å². The second-order valence-electron chi connectivity index (χ2n) is 20.5. The molecule has 0 aliphatic carbocycles. The zero-order valence-corrected chi connectivity index (χ0v) is 49.0. The normalized spacial score (nSPS) is 12.8. The van der Waals surface area contributed by atoms with E-state index in [1.807, 2.05) is 0 Å². The Labute approximate surface area is 463 Å². The van der Waals surface area contributed by atoms with Gasteiger partial charge >= 0.3 is 17.9 Å². The van der Waals surface area contributed by atoms with E-state index in [0.717, 1.165) is 122 Å². The molecule has 0 aliphatic rings. The highest BCUT2D eigenvalue weighted by Gasteiger charge is 2.19. The molecule has 0 N–H and O–H groups in total. The minimum absolute atomic E-state index is 0.0994. The molecule has 0 spiro atoms. The molecule has 0 fully saturated rings. The Hall–Kier alpha value is -3.93. The molecule has 6 heteroatoms. The van der Waals surface area contributed by atoms with Gasteiger partial charge in [0.2, 0.25) is 0 Å². The molecule has 1 unspecified atom stereocenters. The van der Waals surface area contributed by atoms with E-state index in [9.17, 15) is 14.4 Å². The van der Waals surface area contributed by atoms with Crippen molar-refractivity contribution in [3.63, 3.8) is 0 Å². The van der Waals surface area contributed by atoms with Crippen molar-refractivity contribution in [2.75, 3.05) is 13.2 Å². The van der Waals surface area contributed by atoms with Crippen LogP contribution in [0.1, 0.15) is 290 Å². The Morgan fingerprint density at radius 2 is 0.520 bits per heavy atom. The van der Waals surface area contributed by atoms with E-state index in [1.165, 1.54) is 128 Å². The third kappa shape index (κ3) is 60.8. The Kier molecular flexibility index (Phi) is 59.3. The van der Waals surface area contributed by atoms with Crippen molar-refractivity contribution in [2.24, 2.45) is 0 Å². The lowest BCUT2D eigenvalue weighted by Crippen LogP contribution is -2.30. The molecule has 0 saturated carbocycles. The standard InChI is InChI=1S/C69H116O6/c1-4-7-10-13-16-19-22-25-26-27-28-29-30-31-32-33-34-35-36-37-38-39-40-41-42-45-47-50-53-56-59-62-68(71)74-65-66(75-69(72)63-60-57-54-51-48-44-24-21-18-15-12-9-6-3)64-73-67(70)61-58-55-52-49-46-43-23-20-17-14-11-8-5-2/h8-9,11-12,17-18,20-22,25,27-28,30-31,43-44,46,48,66H,4-7,10,13-16,19,23-24,26,29,32-42,45,47,49-65H2,1-3H3/b11-8-,12-9-,20-17-,21-18-,25-22-,28-27-,31-30-,46-43-,48-44-. The van der Waals surface area contributed by atoms with E-state index >= 15 is 0 Å². The molecule has 0 heterocycles. The van der Waals surface area contributed by atoms with Gasteiger partial charge in [-0.25, -0.2) is 0 Å². The highest BCUT2D eigenvalue weighted by Crippen LogP contribution is 2.16. The fraction of sp³-hybridized carbons (Fsp3) is 0.696. The molecule has 6 nitrogen and oxygen atoms in total. The zero-order chi connectivity index (χ0) is 54.3. The topological polar surface area (TPSA) is 78.9 Å². The Balaban J connectivity index is 4.19. The number of allylic oxidation sites excluding steroid dienone is 18. The van der Waals surface area contributed by atoms with Gasteiger partial charge in [-0.2, -0.15) is 0 Å². The van der Waals surface area contributed by atoms with Crippen LogP contribution in [0.4, 0.5) is 0 Å². The van der Waals surface area contributed by atoms with Gasteiger partial charge in [0.1, 0.15) is 13.2 Å². The molecular weight excluding hydrogens is 925 g/mol. The number of unbranched alkanes of at least 4 members (excludes halogenated alkanes) is 27. The number of hydrogen-bond acceptors (Lipinski definition) is 6. The largest absolute Gasteiger partial charge is 0.462 e. The lowest BCUT2D eigenvalue weighted by molar-refractivity contribution is -0.167. The van der Waals surface area contributed by atoms with Gasteiger partial charge in [-0.3, -0.25) is 14.4 Å². The van der Waals surface area contributed by atoms with Gasteiger partial charge in [-0.15, -0.1) is 0 Å². The van der Waals surface area contributed by atoms with Gasteiger partial charge in [0.15, 0.2) is 6.10 Å². The Morgan fingerprint density at radius 1 is 0.280 bits per heavy atom. The second-order valence-corrected chi connectivity index (χ2v) is 20.5. The van der Waals surface area contributed by atoms with Crippen molar-refractivity contribution in [2.45, 2.75) is 297 Å². The fourth-order valence-corrected chi connectivity index (χ4v) is 8.60. The molecule has 0 radical (unpaired) electrons. The third-order valence-electron chi connectivity index (χ3n) is 13.2. The molecule has 0 aromatic rings. The van der Waals surface area contributed by atoms with Gasteiger partial charge < -0.3 is 14.2 Å². The van der Waals surface area contributed by atoms with Crippen molar-refractivity contribution < 1.29 is 28.6 Å². The molecule has 0 amide bonds. The summed E-state index contributed by atoms with van der Waals surface area (Å²) in [6.07, 6.45) is 85.5. The first-order valence-corrected chi connectivity index (χ1v) is 31.4. The lowest BCUT2D eigenvalue weighted by atomic mass is 10.0. The Bertz CT molecular complexity index is 1520. The van der Waals surface area contributed by atoms with E-state index < -0.39 is 6.10 Å². The summed E-state index contributed by atoms with van der Waals surface area (Å²) in [5.74, 6) is -0.957. The summed E-state index contributed by atoms with van der Waals surface area (Å²) < 4.78 is 16.8. The summed E-state index contributed by atoms with van der Waals surface area (Å²) in [7, 11) is 0. The van der Waals surface area contributed by atoms with E-state index in [4.69, 9.17) is 14.2 Å². The predicted octanol–water partition coefficient (Wildman–Crippen LogP) is 21.4. The maximum Gasteiger partial charge on any atom is 0.306 e. The highest BCUT2D eigenvalue weighted by molar-refractivity contribution is 5.71. The first-order chi connectivity index (χ1) is 37.0. The number of carbonyl (C=O) groups excluding carboxylic acids is 3. The van der Waals surface area contributed by atoms with Gasteiger partial charge in [0.05, 0.1) is 0 Å². The highest BCUT2D eigenvalue weighted by atomic mass is 16.6. The summed E-state index contributed by atoms with van der Waals surface area (Å²) in [5.41, 5.74) is 0. The maximum absolute atomic E-state index is 12.8. The van der Waals surface area contributed by atoms with Crippen molar-refractivity contribution in [1.29, 1.82) is 0 Å². The fourth-order valence-electron chi connectivity index (χ4n) is 8.60. The molecule has 0 aliphatic heterocycles. The lowest BCUT2D eigenvalue weighted by Gasteiger charge is -2.18. The van der Waals surface area contributed by atoms with Gasteiger partial charge in [-0.1, -0.05) is 259 Å². The average Bonchev–Trinajstić information content (AvgIpc) is 3.41. The maximum atomic E-state index is 12.8. The number of rotatable bonds is 56. The van der Waals surface area contributed by atoms with Crippen molar-refractivity contribution in [1.82, 2.24) is 0 Å². The van der Waals surface area contributed by atoms with Crippen molar-refractivity contribution in [3.05, 3.63) is 109 Å². The number of carbonyl (C=O) groups is 3. The van der Waals surface area contributed by atoms with Gasteiger partial charge in [-0.05, 0) is 122 Å². The molecular formula is C69H116O6. The summed E-state index contributed by atoms with van der Waals surface area (Å²) in [6.45, 7) is 6.36. The molecule has 0 rings (SSSR count). The monoisotopic (exact) mass is 1040 g/mol. The minimum Gasteiger partial charge on any atom is -0.462 e. The van der Waals surface area contributed by atoms with Crippen molar-refractivity contribution >= 4 is 17.9 Å². The predicted molar refractivity (Wildman–Crippen MR) is 325 cm³/mol. The molecule has 75 heavy (non-hydrogen) atoms. The molecule has 1 atom stereocenters. The van der Waals surface area contributed by atoms with Crippen LogP contribution in [0.2, 0.25) is 0 Å². The van der Waals surface area contributed by atoms with E-state index in [1.54, 1.807) is 0 Å². The van der Waals surface area contributed by atoms with Crippen LogP contribution in [0.3, 0.4) is 0 Å². The zero-order valence-electron chi connectivity index (χ0n) is 49.0. The molecule has 0 bridgehead atoms. The summed E-state index contributed by atoms with van der Waals surface area (Å²) in [5, 5.41) is 0. The van der Waals surface area contributed by atoms with Gasteiger partial charge in [0.25, 0.3) is 0 Å². The first-order valence-electron chi connectivity index (χ1n) is 31.4. The third-order valence-corrected chi connectivity index (χ3v) is 13.2. The Morgan fingerprint density at radius 3 is 0.827 bits per heavy atom. The average molecular weight is 1040 g/mol. The molecule has 0 saturated heterocycles. The summed E-state index contributed by atoms with van der Waals surface area (Å²) in [4.78, 5) is 38.1. The van der Waals surface area contributed by atoms with Crippen LogP contribution in [0.15, 0.2) is 109 Å². The first kappa shape index (κ1) is 71.1. The van der Waals surface area contributed by atoms with Crippen molar-refractivity contribution in [3.8, 4) is 0 Å². The molecule has 0 aromatic carbocycles. The van der Waals surface area contributed by atoms with Crippen LogP contribution in [0.5, 0.6) is 0 Å². The SMILES string of the molecule is CC/C=C\C/C=C\C/C=C\CCCCCC(=O)OCC(COC(=O)CCCCCCCCCCCCCCCCCC/C=C\C/C=C\C/C=C\CCCCCCC)OC(=O)CCCCC/C=C\C/C=C\C/C=C\CC. The van der Waals surface area contributed by atoms with E-state index in [0.29, 0.717) is 12.8 Å². The molecule has 0 aromatic heterocycles. The smallest absolute Gasteiger partial charge is 0.306 e. The quantitative estimate of drug-likeness (QED) is 0.0261. The minimum atomic E-state index is -0.806. The molecule has 428 valence electrons. The summed E-state index contributed by atoms with van der Waals surface area (Å²) in [6, 6.07) is 0. The number of ether oxygens (including phenoxy) is 3. The second kappa shape index (κ2) is 62.6. The number of hydrogen-bond donors (Lipinski definition) is 0. The van der Waals surface area contributed by atoms with Gasteiger partial charge in [0, 0.05) is 19.3 Å². The van der Waals surface area contributed by atoms with Crippen LogP contribution in [0.25, 0.3) is 0 Å². The van der Waals surface area contributed by atoms with Crippen LogP contribution in [-0.4, -0.2) is 37.2 Å². The van der Waals surface area contributed by atoms with Crippen LogP contribution < -0.4 is 0 Å². The van der Waals surface area contributed by atoms with E-state index in [2.05, 4.69) is 130 Å². The number of esters is 3.